The highest BCUT2D eigenvalue weighted by Gasteiger charge is 2.30. The number of para-hydroxylation sites is 1. The van der Waals surface area contributed by atoms with Crippen LogP contribution in [0, 0.1) is 11.6 Å². The van der Waals surface area contributed by atoms with Crippen molar-refractivity contribution in [2.24, 2.45) is 0 Å². The quantitative estimate of drug-likeness (QED) is 0.361. The number of rotatable bonds is 6. The first-order valence-corrected chi connectivity index (χ1v) is 11.4. The third-order valence-electron chi connectivity index (χ3n) is 6.04. The minimum atomic E-state index is -1.00. The van der Waals surface area contributed by atoms with Crippen molar-refractivity contribution in [1.29, 1.82) is 0 Å². The van der Waals surface area contributed by atoms with Gasteiger partial charge in [-0.25, -0.2) is 13.8 Å². The van der Waals surface area contributed by atoms with Gasteiger partial charge in [0.25, 0.3) is 5.91 Å². The molecule has 0 saturated carbocycles. The van der Waals surface area contributed by atoms with Crippen molar-refractivity contribution in [2.45, 2.75) is 12.8 Å². The van der Waals surface area contributed by atoms with Gasteiger partial charge in [-0.15, -0.1) is 0 Å². The summed E-state index contributed by atoms with van der Waals surface area (Å²) in [5, 5.41) is 6.09. The van der Waals surface area contributed by atoms with Gasteiger partial charge in [-0.3, -0.25) is 9.59 Å². The Hall–Kier alpha value is -4.53. The number of nitrogens with zero attached hydrogens (tertiary/aromatic N) is 2. The molecule has 2 aromatic carbocycles. The highest BCUT2D eigenvalue weighted by molar-refractivity contribution is 6.06. The lowest BCUT2D eigenvalue weighted by molar-refractivity contribution is -0.115. The van der Waals surface area contributed by atoms with E-state index in [2.05, 4.69) is 20.6 Å². The summed E-state index contributed by atoms with van der Waals surface area (Å²) in [6, 6.07) is 16.4. The Bertz CT molecular complexity index is 1450. The van der Waals surface area contributed by atoms with E-state index in [1.165, 1.54) is 6.07 Å². The number of carbonyl (C=O) groups is 2. The molecule has 0 unspecified atom stereocenters. The molecule has 0 radical (unpaired) electrons. The summed E-state index contributed by atoms with van der Waals surface area (Å²) in [4.78, 5) is 34.9. The lowest BCUT2D eigenvalue weighted by Gasteiger charge is -2.23. The van der Waals surface area contributed by atoms with Gasteiger partial charge in [-0.1, -0.05) is 24.3 Å². The van der Waals surface area contributed by atoms with Gasteiger partial charge in [0.1, 0.15) is 5.82 Å². The molecule has 1 aliphatic heterocycles. The van der Waals surface area contributed by atoms with E-state index >= 15 is 0 Å². The van der Waals surface area contributed by atoms with E-state index in [4.69, 9.17) is 0 Å². The Morgan fingerprint density at radius 2 is 1.89 bits per heavy atom. The van der Waals surface area contributed by atoms with E-state index in [-0.39, 0.29) is 12.3 Å². The number of H-pyrrole nitrogens is 1. The third-order valence-corrected chi connectivity index (χ3v) is 6.04. The molecular weight excluding hydrogens is 464 g/mol. The van der Waals surface area contributed by atoms with Gasteiger partial charge in [0, 0.05) is 43.2 Å². The number of hydrogen-bond donors (Lipinski definition) is 3. The summed E-state index contributed by atoms with van der Waals surface area (Å²) in [7, 11) is 1.78. The number of anilines is 3. The standard InChI is InChI=1S/C27H23F2N5O2/c1-34-12-10-21-24(27(34)36)26(31-18-5-3-2-4-6-18)25(32-21)17-9-11-30-22(15-17)33-23(35)14-16-7-8-19(28)20(29)13-16/h2-9,11,13,15,31-32H,10,12,14H2,1H3,(H,30,33,35). The number of benzene rings is 2. The topological polar surface area (TPSA) is 90.1 Å². The first-order valence-electron chi connectivity index (χ1n) is 11.4. The van der Waals surface area contributed by atoms with Gasteiger partial charge >= 0.3 is 0 Å². The molecule has 36 heavy (non-hydrogen) atoms. The molecule has 3 N–H and O–H groups in total. The molecule has 3 heterocycles. The van der Waals surface area contributed by atoms with Crippen LogP contribution in [0.25, 0.3) is 11.3 Å². The Morgan fingerprint density at radius 3 is 2.67 bits per heavy atom. The maximum atomic E-state index is 13.5. The van der Waals surface area contributed by atoms with E-state index in [1.54, 1.807) is 30.3 Å². The number of aromatic amines is 1. The number of likely N-dealkylation sites (N-methyl/N-ethyl adjacent to an activating group) is 1. The predicted octanol–water partition coefficient (Wildman–Crippen LogP) is 4.91. The van der Waals surface area contributed by atoms with Crippen LogP contribution in [0.4, 0.5) is 26.0 Å². The molecule has 5 rings (SSSR count). The average molecular weight is 488 g/mol. The summed E-state index contributed by atoms with van der Waals surface area (Å²) >= 11 is 0. The number of nitrogens with one attached hydrogen (secondary N) is 3. The summed E-state index contributed by atoms with van der Waals surface area (Å²) in [6.07, 6.45) is 2.11. The molecule has 0 bridgehead atoms. The molecule has 0 aliphatic carbocycles. The van der Waals surface area contributed by atoms with Crippen molar-refractivity contribution >= 4 is 29.0 Å². The number of halogens is 2. The number of carbonyl (C=O) groups excluding carboxylic acids is 2. The van der Waals surface area contributed by atoms with Crippen molar-refractivity contribution < 1.29 is 18.4 Å². The second-order valence-corrected chi connectivity index (χ2v) is 8.60. The van der Waals surface area contributed by atoms with Crippen molar-refractivity contribution in [3.63, 3.8) is 0 Å². The fraction of sp³-hybridized carbons (Fsp3) is 0.148. The van der Waals surface area contributed by atoms with E-state index in [0.717, 1.165) is 29.1 Å². The zero-order chi connectivity index (χ0) is 25.2. The van der Waals surface area contributed by atoms with Crippen LogP contribution in [0.1, 0.15) is 21.6 Å². The van der Waals surface area contributed by atoms with E-state index in [0.29, 0.717) is 41.3 Å². The predicted molar refractivity (Wildman–Crippen MR) is 133 cm³/mol. The smallest absolute Gasteiger partial charge is 0.257 e. The highest BCUT2D eigenvalue weighted by atomic mass is 19.2. The van der Waals surface area contributed by atoms with Crippen LogP contribution in [-0.4, -0.2) is 40.3 Å². The molecule has 0 atom stereocenters. The summed E-state index contributed by atoms with van der Waals surface area (Å²) in [5.74, 6) is -2.18. The normalized spacial score (nSPS) is 12.9. The van der Waals surface area contributed by atoms with Crippen molar-refractivity contribution in [2.75, 3.05) is 24.2 Å². The van der Waals surface area contributed by atoms with Gasteiger partial charge in [0.2, 0.25) is 5.91 Å². The van der Waals surface area contributed by atoms with E-state index in [9.17, 15) is 18.4 Å². The van der Waals surface area contributed by atoms with Crippen LogP contribution < -0.4 is 10.6 Å². The van der Waals surface area contributed by atoms with Gasteiger partial charge < -0.3 is 20.5 Å². The lowest BCUT2D eigenvalue weighted by atomic mass is 10.0. The van der Waals surface area contributed by atoms with Gasteiger partial charge in [-0.2, -0.15) is 0 Å². The third kappa shape index (κ3) is 4.68. The second kappa shape index (κ2) is 9.61. The number of fused-ring (bicyclic) bond motifs is 1. The molecule has 4 aromatic rings. The molecule has 1 aliphatic rings. The maximum absolute atomic E-state index is 13.5. The SMILES string of the molecule is CN1CCc2[nH]c(-c3ccnc(NC(=O)Cc4ccc(F)c(F)c4)c3)c(Nc3ccccc3)c2C1=O. The average Bonchev–Trinajstić information content (AvgIpc) is 3.23. The molecule has 9 heteroatoms. The van der Waals surface area contributed by atoms with Crippen LogP contribution in [0.15, 0.2) is 66.9 Å². The zero-order valence-electron chi connectivity index (χ0n) is 19.4. The highest BCUT2D eigenvalue weighted by Crippen LogP contribution is 2.38. The summed E-state index contributed by atoms with van der Waals surface area (Å²) < 4.78 is 26.7. The number of amides is 2. The first-order chi connectivity index (χ1) is 17.4. The largest absolute Gasteiger partial charge is 0.356 e. The van der Waals surface area contributed by atoms with Gasteiger partial charge in [-0.05, 0) is 42.0 Å². The number of aromatic nitrogens is 2. The van der Waals surface area contributed by atoms with E-state index < -0.39 is 17.5 Å². The van der Waals surface area contributed by atoms with E-state index in [1.807, 2.05) is 30.3 Å². The lowest BCUT2D eigenvalue weighted by Crippen LogP contribution is -2.34. The molecule has 2 aromatic heterocycles. The maximum Gasteiger partial charge on any atom is 0.257 e. The van der Waals surface area contributed by atoms with Crippen LogP contribution >= 0.6 is 0 Å². The van der Waals surface area contributed by atoms with Gasteiger partial charge in [0.15, 0.2) is 11.6 Å². The van der Waals surface area contributed by atoms with Crippen LogP contribution in [0.2, 0.25) is 0 Å². The zero-order valence-corrected chi connectivity index (χ0v) is 19.4. The van der Waals surface area contributed by atoms with Crippen LogP contribution in [0.5, 0.6) is 0 Å². The molecule has 2 amide bonds. The van der Waals surface area contributed by atoms with Crippen molar-refractivity contribution in [3.05, 3.63) is 95.3 Å². The van der Waals surface area contributed by atoms with Crippen LogP contribution in [-0.2, 0) is 17.6 Å². The van der Waals surface area contributed by atoms with Crippen molar-refractivity contribution in [3.8, 4) is 11.3 Å². The minimum Gasteiger partial charge on any atom is -0.356 e. The Morgan fingerprint density at radius 1 is 1.08 bits per heavy atom. The minimum absolute atomic E-state index is 0.0775. The molecular formula is C27H23F2N5O2. The second-order valence-electron chi connectivity index (χ2n) is 8.60. The fourth-order valence-electron chi connectivity index (χ4n) is 4.23. The molecule has 0 saturated heterocycles. The molecule has 0 spiro atoms. The molecule has 182 valence electrons. The van der Waals surface area contributed by atoms with Crippen molar-refractivity contribution in [1.82, 2.24) is 14.9 Å². The summed E-state index contributed by atoms with van der Waals surface area (Å²) in [6.45, 7) is 0.609. The fourth-order valence-corrected chi connectivity index (χ4v) is 4.23. The summed E-state index contributed by atoms with van der Waals surface area (Å²) in [5.41, 5.74) is 4.67. The number of hydrogen-bond acceptors (Lipinski definition) is 4. The Kier molecular flexibility index (Phi) is 6.20. The Labute approximate surface area is 206 Å². The van der Waals surface area contributed by atoms with Gasteiger partial charge in [0.05, 0.1) is 23.4 Å². The molecule has 0 fully saturated rings. The Balaban J connectivity index is 1.45. The monoisotopic (exact) mass is 487 g/mol. The molecule has 7 nitrogen and oxygen atoms in total. The van der Waals surface area contributed by atoms with Crippen LogP contribution in [0.3, 0.4) is 0 Å². The number of pyridine rings is 1. The first kappa shape index (κ1) is 23.2.